The minimum Gasteiger partial charge on any atom is -0.497 e. The van der Waals surface area contributed by atoms with Crippen molar-refractivity contribution in [2.24, 2.45) is 0 Å². The molecule has 1 N–H and O–H groups in total. The van der Waals surface area contributed by atoms with Gasteiger partial charge in [-0.3, -0.25) is 9.10 Å². The number of carbonyl (C=O) groups is 1. The number of nitrogens with one attached hydrogen (secondary N) is 1. The molecule has 0 radical (unpaired) electrons. The average molecular weight is 392 g/mol. The lowest BCUT2D eigenvalue weighted by molar-refractivity contribution is -0.120. The van der Waals surface area contributed by atoms with Gasteiger partial charge in [-0.2, -0.15) is 0 Å². The molecular weight excluding hydrogens is 368 g/mol. The molecule has 1 amide bonds. The molecule has 0 fully saturated rings. The maximum atomic E-state index is 12.3. The van der Waals surface area contributed by atoms with Gasteiger partial charge in [-0.15, -0.1) is 0 Å². The molecule has 0 aliphatic carbocycles. The number of hydrogen-bond acceptors (Lipinski definition) is 5. The van der Waals surface area contributed by atoms with Crippen molar-refractivity contribution in [2.75, 3.05) is 37.9 Å². The zero-order valence-electron chi connectivity index (χ0n) is 15.6. The van der Waals surface area contributed by atoms with Crippen LogP contribution in [0.1, 0.15) is 5.56 Å². The number of methoxy groups -OCH3 is 2. The molecule has 0 atom stereocenters. The highest BCUT2D eigenvalue weighted by Gasteiger charge is 2.22. The SMILES string of the molecule is COc1ccc(OC)c(N(CCNC(=O)Cc2ccccc2)S(C)(=O)=O)c1. The summed E-state index contributed by atoms with van der Waals surface area (Å²) in [5.74, 6) is 0.733. The van der Waals surface area contributed by atoms with Crippen molar-refractivity contribution in [3.63, 3.8) is 0 Å². The van der Waals surface area contributed by atoms with Crippen LogP contribution in [0.5, 0.6) is 11.5 Å². The number of hydrogen-bond donors (Lipinski definition) is 1. The minimum absolute atomic E-state index is 0.0723. The molecule has 0 bridgehead atoms. The third kappa shape index (κ3) is 5.89. The molecule has 2 aromatic carbocycles. The first-order chi connectivity index (χ1) is 12.8. The Balaban J connectivity index is 2.09. The Morgan fingerprint density at radius 2 is 1.78 bits per heavy atom. The third-order valence-electron chi connectivity index (χ3n) is 3.90. The van der Waals surface area contributed by atoms with Crippen LogP contribution in [0, 0.1) is 0 Å². The van der Waals surface area contributed by atoms with Gasteiger partial charge in [0, 0.05) is 12.6 Å². The normalized spacial score (nSPS) is 10.9. The molecular formula is C19H24N2O5S. The Hall–Kier alpha value is -2.74. The van der Waals surface area contributed by atoms with Gasteiger partial charge in [-0.05, 0) is 17.7 Å². The monoisotopic (exact) mass is 392 g/mol. The second kappa shape index (κ2) is 9.27. The van der Waals surface area contributed by atoms with Gasteiger partial charge >= 0.3 is 0 Å². The van der Waals surface area contributed by atoms with Crippen LogP contribution in [0.4, 0.5) is 5.69 Å². The van der Waals surface area contributed by atoms with Gasteiger partial charge in [0.2, 0.25) is 15.9 Å². The lowest BCUT2D eigenvalue weighted by Gasteiger charge is -2.24. The van der Waals surface area contributed by atoms with E-state index in [9.17, 15) is 13.2 Å². The number of ether oxygens (including phenoxy) is 2. The van der Waals surface area contributed by atoms with Crippen LogP contribution in [0.3, 0.4) is 0 Å². The summed E-state index contributed by atoms with van der Waals surface area (Å²) >= 11 is 0. The van der Waals surface area contributed by atoms with Crippen molar-refractivity contribution in [2.45, 2.75) is 6.42 Å². The first kappa shape index (κ1) is 20.6. The first-order valence-corrected chi connectivity index (χ1v) is 10.2. The van der Waals surface area contributed by atoms with Crippen LogP contribution in [-0.2, 0) is 21.2 Å². The molecule has 27 heavy (non-hydrogen) atoms. The van der Waals surface area contributed by atoms with E-state index in [4.69, 9.17) is 9.47 Å². The molecule has 0 unspecified atom stereocenters. The van der Waals surface area contributed by atoms with Crippen LogP contribution in [0.25, 0.3) is 0 Å². The molecule has 0 aliphatic rings. The lowest BCUT2D eigenvalue weighted by Crippen LogP contribution is -2.38. The van der Waals surface area contributed by atoms with Gasteiger partial charge < -0.3 is 14.8 Å². The Morgan fingerprint density at radius 3 is 2.37 bits per heavy atom. The zero-order chi connectivity index (χ0) is 19.9. The molecule has 0 spiro atoms. The van der Waals surface area contributed by atoms with Crippen molar-refractivity contribution >= 4 is 21.6 Å². The van der Waals surface area contributed by atoms with E-state index >= 15 is 0 Å². The van der Waals surface area contributed by atoms with E-state index < -0.39 is 10.0 Å². The molecule has 0 heterocycles. The number of nitrogens with zero attached hydrogens (tertiary/aromatic N) is 1. The highest BCUT2D eigenvalue weighted by molar-refractivity contribution is 7.92. The summed E-state index contributed by atoms with van der Waals surface area (Å²) in [6, 6.07) is 14.3. The van der Waals surface area contributed by atoms with Gasteiger partial charge in [-0.1, -0.05) is 30.3 Å². The number of amides is 1. The molecule has 7 nitrogen and oxygen atoms in total. The van der Waals surface area contributed by atoms with Crippen LogP contribution in [-0.4, -0.2) is 47.9 Å². The second-order valence-corrected chi connectivity index (χ2v) is 7.79. The standard InChI is InChI=1S/C19H24N2O5S/c1-25-16-9-10-18(26-2)17(14-16)21(27(3,23)24)12-11-20-19(22)13-15-7-5-4-6-8-15/h4-10,14H,11-13H2,1-3H3,(H,20,22). The van der Waals surface area contributed by atoms with Crippen molar-refractivity contribution in [3.05, 3.63) is 54.1 Å². The van der Waals surface area contributed by atoms with Crippen LogP contribution in [0.2, 0.25) is 0 Å². The molecule has 0 aromatic heterocycles. The quantitative estimate of drug-likeness (QED) is 0.704. The van der Waals surface area contributed by atoms with E-state index in [2.05, 4.69) is 5.32 Å². The van der Waals surface area contributed by atoms with Crippen molar-refractivity contribution in [1.29, 1.82) is 0 Å². The fourth-order valence-corrected chi connectivity index (χ4v) is 3.52. The van der Waals surface area contributed by atoms with E-state index in [1.54, 1.807) is 18.2 Å². The first-order valence-electron chi connectivity index (χ1n) is 8.35. The van der Waals surface area contributed by atoms with Crippen molar-refractivity contribution < 1.29 is 22.7 Å². The summed E-state index contributed by atoms with van der Waals surface area (Å²) in [5, 5.41) is 2.75. The minimum atomic E-state index is -3.59. The van der Waals surface area contributed by atoms with E-state index in [1.807, 2.05) is 30.3 Å². The predicted molar refractivity (Wildman–Crippen MR) is 105 cm³/mol. The van der Waals surface area contributed by atoms with Gasteiger partial charge in [0.15, 0.2) is 0 Å². The highest BCUT2D eigenvalue weighted by atomic mass is 32.2. The second-order valence-electron chi connectivity index (χ2n) is 5.89. The predicted octanol–water partition coefficient (Wildman–Crippen LogP) is 1.83. The molecule has 0 saturated heterocycles. The molecule has 0 aliphatic heterocycles. The maximum Gasteiger partial charge on any atom is 0.232 e. The lowest BCUT2D eigenvalue weighted by atomic mass is 10.1. The molecule has 2 rings (SSSR count). The summed E-state index contributed by atoms with van der Waals surface area (Å²) in [5.41, 5.74) is 1.25. The van der Waals surface area contributed by atoms with Crippen LogP contribution >= 0.6 is 0 Å². The maximum absolute atomic E-state index is 12.3. The van der Waals surface area contributed by atoms with Crippen LogP contribution in [0.15, 0.2) is 48.5 Å². The summed E-state index contributed by atoms with van der Waals surface area (Å²) in [7, 11) is -0.620. The van der Waals surface area contributed by atoms with Crippen molar-refractivity contribution in [1.82, 2.24) is 5.32 Å². The summed E-state index contributed by atoms with van der Waals surface area (Å²) < 4.78 is 36.2. The van der Waals surface area contributed by atoms with E-state index in [0.29, 0.717) is 17.2 Å². The summed E-state index contributed by atoms with van der Waals surface area (Å²) in [6.07, 6.45) is 1.35. The highest BCUT2D eigenvalue weighted by Crippen LogP contribution is 2.33. The van der Waals surface area contributed by atoms with Gasteiger partial charge in [0.25, 0.3) is 0 Å². The Kier molecular flexibility index (Phi) is 7.06. The zero-order valence-corrected chi connectivity index (χ0v) is 16.5. The Labute approximate surface area is 160 Å². The van der Waals surface area contributed by atoms with E-state index in [-0.39, 0.29) is 25.4 Å². The number of rotatable bonds is 9. The molecule has 146 valence electrons. The largest absolute Gasteiger partial charge is 0.497 e. The molecule has 0 saturated carbocycles. The Bertz CT molecular complexity index is 869. The van der Waals surface area contributed by atoms with Crippen molar-refractivity contribution in [3.8, 4) is 11.5 Å². The summed E-state index contributed by atoms with van der Waals surface area (Å²) in [6.45, 7) is 0.238. The van der Waals surface area contributed by atoms with E-state index in [0.717, 1.165) is 11.8 Å². The number of benzene rings is 2. The molecule has 2 aromatic rings. The third-order valence-corrected chi connectivity index (χ3v) is 5.08. The fourth-order valence-electron chi connectivity index (χ4n) is 2.60. The smallest absolute Gasteiger partial charge is 0.232 e. The van der Waals surface area contributed by atoms with Crippen LogP contribution < -0.4 is 19.1 Å². The average Bonchev–Trinajstić information content (AvgIpc) is 2.64. The Morgan fingerprint density at radius 1 is 1.07 bits per heavy atom. The number of sulfonamides is 1. The van der Waals surface area contributed by atoms with E-state index in [1.165, 1.54) is 18.5 Å². The number of carbonyl (C=O) groups excluding carboxylic acids is 1. The van der Waals surface area contributed by atoms with Gasteiger partial charge in [0.05, 0.1) is 39.1 Å². The van der Waals surface area contributed by atoms with Gasteiger partial charge in [0.1, 0.15) is 11.5 Å². The topological polar surface area (TPSA) is 84.9 Å². The van der Waals surface area contributed by atoms with Gasteiger partial charge in [-0.25, -0.2) is 8.42 Å². The molecule has 8 heteroatoms. The number of anilines is 1. The fraction of sp³-hybridized carbons (Fsp3) is 0.316. The summed E-state index contributed by atoms with van der Waals surface area (Å²) in [4.78, 5) is 12.1.